The number of thiophene rings is 1. The maximum atomic E-state index is 12.0. The average molecular weight is 259 g/mol. The van der Waals surface area contributed by atoms with Gasteiger partial charge in [0.2, 0.25) is 0 Å². The van der Waals surface area contributed by atoms with Gasteiger partial charge in [0.15, 0.2) is 5.78 Å². The largest absolute Gasteiger partial charge is 0.481 e. The van der Waals surface area contributed by atoms with Crippen molar-refractivity contribution in [3.05, 3.63) is 21.3 Å². The summed E-state index contributed by atoms with van der Waals surface area (Å²) >= 11 is 7.02. The normalized spacial score (nSPS) is 24.6. The third-order valence-electron chi connectivity index (χ3n) is 2.97. The molecule has 0 aliphatic heterocycles. The number of aliphatic carboxylic acids is 1. The SMILES string of the molecule is O=C(O)C1CCC(C(=O)c2ccc(Cl)s2)C1. The zero-order valence-electron chi connectivity index (χ0n) is 8.48. The van der Waals surface area contributed by atoms with E-state index in [9.17, 15) is 9.59 Å². The van der Waals surface area contributed by atoms with Crippen LogP contribution in [0.2, 0.25) is 4.34 Å². The summed E-state index contributed by atoms with van der Waals surface area (Å²) < 4.78 is 0.594. The monoisotopic (exact) mass is 258 g/mol. The molecule has 1 fully saturated rings. The van der Waals surface area contributed by atoms with Crippen molar-refractivity contribution < 1.29 is 14.7 Å². The number of rotatable bonds is 3. The zero-order valence-corrected chi connectivity index (χ0v) is 10.1. The molecule has 0 bridgehead atoms. The van der Waals surface area contributed by atoms with Gasteiger partial charge in [0.1, 0.15) is 0 Å². The van der Waals surface area contributed by atoms with E-state index in [1.807, 2.05) is 0 Å². The lowest BCUT2D eigenvalue weighted by Gasteiger charge is -2.06. The zero-order chi connectivity index (χ0) is 11.7. The Bertz CT molecular complexity index is 427. The smallest absolute Gasteiger partial charge is 0.306 e. The highest BCUT2D eigenvalue weighted by Gasteiger charge is 2.34. The van der Waals surface area contributed by atoms with Crippen molar-refractivity contribution in [3.63, 3.8) is 0 Å². The van der Waals surface area contributed by atoms with Crippen LogP contribution in [0.25, 0.3) is 0 Å². The molecule has 1 aliphatic carbocycles. The van der Waals surface area contributed by atoms with Crippen molar-refractivity contribution in [1.29, 1.82) is 0 Å². The molecule has 2 rings (SSSR count). The molecule has 0 aromatic carbocycles. The summed E-state index contributed by atoms with van der Waals surface area (Å²) in [5.41, 5.74) is 0. The minimum absolute atomic E-state index is 0.0423. The summed E-state index contributed by atoms with van der Waals surface area (Å²) in [5, 5.41) is 8.86. The highest BCUT2D eigenvalue weighted by Crippen LogP contribution is 2.35. The molecule has 2 unspecified atom stereocenters. The Morgan fingerprint density at radius 1 is 1.31 bits per heavy atom. The fourth-order valence-corrected chi connectivity index (χ4v) is 3.15. The first-order valence-corrected chi connectivity index (χ1v) is 6.29. The lowest BCUT2D eigenvalue weighted by molar-refractivity contribution is -0.141. The topological polar surface area (TPSA) is 54.4 Å². The summed E-state index contributed by atoms with van der Waals surface area (Å²) in [6, 6.07) is 3.41. The van der Waals surface area contributed by atoms with Crippen molar-refractivity contribution in [3.8, 4) is 0 Å². The van der Waals surface area contributed by atoms with Gasteiger partial charge in [-0.15, -0.1) is 11.3 Å². The molecule has 0 saturated heterocycles. The molecular formula is C11H11ClO3S. The van der Waals surface area contributed by atoms with Gasteiger partial charge in [0.25, 0.3) is 0 Å². The first-order valence-electron chi connectivity index (χ1n) is 5.10. The fourth-order valence-electron chi connectivity index (χ4n) is 2.09. The van der Waals surface area contributed by atoms with Crippen LogP contribution in [0.5, 0.6) is 0 Å². The quantitative estimate of drug-likeness (QED) is 0.848. The fraction of sp³-hybridized carbons (Fsp3) is 0.455. The van der Waals surface area contributed by atoms with Gasteiger partial charge in [0, 0.05) is 5.92 Å². The number of carboxylic acids is 1. The summed E-state index contributed by atoms with van der Waals surface area (Å²) in [6.45, 7) is 0. The second-order valence-electron chi connectivity index (χ2n) is 4.01. The molecule has 86 valence electrons. The number of hydrogen-bond acceptors (Lipinski definition) is 3. The average Bonchev–Trinajstić information content (AvgIpc) is 2.84. The van der Waals surface area contributed by atoms with Crippen molar-refractivity contribution in [1.82, 2.24) is 0 Å². The van der Waals surface area contributed by atoms with Crippen LogP contribution in [0.15, 0.2) is 12.1 Å². The number of hydrogen-bond donors (Lipinski definition) is 1. The number of Topliss-reactive ketones (excluding diaryl/α,β-unsaturated/α-hetero) is 1. The van der Waals surface area contributed by atoms with Gasteiger partial charge in [-0.25, -0.2) is 0 Å². The van der Waals surface area contributed by atoms with E-state index < -0.39 is 5.97 Å². The Balaban J connectivity index is 2.05. The van der Waals surface area contributed by atoms with Crippen molar-refractivity contribution in [2.24, 2.45) is 11.8 Å². The second-order valence-corrected chi connectivity index (χ2v) is 5.73. The molecule has 16 heavy (non-hydrogen) atoms. The number of halogens is 1. The summed E-state index contributed by atoms with van der Waals surface area (Å²) in [7, 11) is 0. The van der Waals surface area contributed by atoms with Crippen molar-refractivity contribution in [2.45, 2.75) is 19.3 Å². The molecule has 0 radical (unpaired) electrons. The van der Waals surface area contributed by atoms with Crippen LogP contribution in [-0.4, -0.2) is 16.9 Å². The minimum atomic E-state index is -0.792. The summed E-state index contributed by atoms with van der Waals surface area (Å²) in [4.78, 5) is 23.4. The van der Waals surface area contributed by atoms with Crippen LogP contribution < -0.4 is 0 Å². The molecule has 5 heteroatoms. The maximum absolute atomic E-state index is 12.0. The molecule has 2 atom stereocenters. The van der Waals surface area contributed by atoms with Gasteiger partial charge in [-0.2, -0.15) is 0 Å². The molecule has 1 N–H and O–H groups in total. The van der Waals surface area contributed by atoms with E-state index in [-0.39, 0.29) is 17.6 Å². The van der Waals surface area contributed by atoms with Gasteiger partial charge in [-0.1, -0.05) is 11.6 Å². The first-order chi connectivity index (χ1) is 7.58. The second kappa shape index (κ2) is 4.55. The lowest BCUT2D eigenvalue weighted by Crippen LogP contribution is -2.13. The van der Waals surface area contributed by atoms with Crippen LogP contribution in [-0.2, 0) is 4.79 Å². The maximum Gasteiger partial charge on any atom is 0.306 e. The summed E-state index contributed by atoms with van der Waals surface area (Å²) in [6.07, 6.45) is 1.74. The van der Waals surface area contributed by atoms with E-state index in [1.54, 1.807) is 12.1 Å². The van der Waals surface area contributed by atoms with Crippen LogP contribution in [0, 0.1) is 11.8 Å². The van der Waals surface area contributed by atoms with Crippen LogP contribution in [0.1, 0.15) is 28.9 Å². The molecule has 0 amide bonds. The molecule has 1 heterocycles. The van der Waals surface area contributed by atoms with Crippen LogP contribution >= 0.6 is 22.9 Å². The predicted molar refractivity (Wildman–Crippen MR) is 62.1 cm³/mol. The van der Waals surface area contributed by atoms with Crippen LogP contribution in [0.3, 0.4) is 0 Å². The van der Waals surface area contributed by atoms with Crippen LogP contribution in [0.4, 0.5) is 0 Å². The highest BCUT2D eigenvalue weighted by molar-refractivity contribution is 7.18. The molecule has 1 aromatic rings. The third-order valence-corrected chi connectivity index (χ3v) is 4.21. The van der Waals surface area contributed by atoms with E-state index in [1.165, 1.54) is 11.3 Å². The van der Waals surface area contributed by atoms with Gasteiger partial charge in [0.05, 0.1) is 15.1 Å². The molecule has 1 aliphatic rings. The molecular weight excluding hydrogens is 248 g/mol. The lowest BCUT2D eigenvalue weighted by atomic mass is 9.99. The Labute approximate surface area is 102 Å². The first kappa shape index (κ1) is 11.6. The third kappa shape index (κ3) is 2.28. The van der Waals surface area contributed by atoms with E-state index in [0.717, 1.165) is 0 Å². The predicted octanol–water partition coefficient (Wildman–Crippen LogP) is 3.09. The molecule has 3 nitrogen and oxygen atoms in total. The number of carbonyl (C=O) groups excluding carboxylic acids is 1. The van der Waals surface area contributed by atoms with E-state index in [2.05, 4.69) is 0 Å². The summed E-state index contributed by atoms with van der Waals surface area (Å²) in [5.74, 6) is -1.25. The Kier molecular flexibility index (Phi) is 3.30. The standard InChI is InChI=1S/C11H11ClO3S/c12-9-4-3-8(16-9)10(13)6-1-2-7(5-6)11(14)15/h3-4,6-7H,1-2,5H2,(H,14,15). The van der Waals surface area contributed by atoms with Gasteiger partial charge in [-0.05, 0) is 31.4 Å². The Morgan fingerprint density at radius 2 is 2.00 bits per heavy atom. The minimum Gasteiger partial charge on any atom is -0.481 e. The molecule has 1 aromatic heterocycles. The highest BCUT2D eigenvalue weighted by atomic mass is 35.5. The Morgan fingerprint density at radius 3 is 2.50 bits per heavy atom. The van der Waals surface area contributed by atoms with Crippen molar-refractivity contribution >= 4 is 34.7 Å². The van der Waals surface area contributed by atoms with Gasteiger partial charge < -0.3 is 5.11 Å². The van der Waals surface area contributed by atoms with E-state index in [4.69, 9.17) is 16.7 Å². The molecule has 0 spiro atoms. The van der Waals surface area contributed by atoms with Gasteiger partial charge >= 0.3 is 5.97 Å². The molecule has 1 saturated carbocycles. The van der Waals surface area contributed by atoms with Crippen molar-refractivity contribution in [2.75, 3.05) is 0 Å². The number of ketones is 1. The van der Waals surface area contributed by atoms with E-state index >= 15 is 0 Å². The number of carboxylic acid groups (broad SMARTS) is 1. The van der Waals surface area contributed by atoms with Gasteiger partial charge in [-0.3, -0.25) is 9.59 Å². The van der Waals surface area contributed by atoms with E-state index in [0.29, 0.717) is 28.5 Å². The Hall–Kier alpha value is -0.870. The number of carbonyl (C=O) groups is 2.